The van der Waals surface area contributed by atoms with E-state index in [9.17, 15) is 4.79 Å². The van der Waals surface area contributed by atoms with Gasteiger partial charge in [-0.05, 0) is 18.6 Å². The van der Waals surface area contributed by atoms with Crippen molar-refractivity contribution in [3.05, 3.63) is 58.2 Å². The summed E-state index contributed by atoms with van der Waals surface area (Å²) in [6.45, 7) is 2.10. The average Bonchev–Trinajstić information content (AvgIpc) is 2.43. The number of nitrogens with zero attached hydrogens (tertiary/aromatic N) is 1. The lowest BCUT2D eigenvalue weighted by molar-refractivity contribution is 0.155. The number of hydrogen-bond acceptors (Lipinski definition) is 3. The van der Waals surface area contributed by atoms with Crippen molar-refractivity contribution in [3.8, 4) is 0 Å². The Labute approximate surface area is 119 Å². The van der Waals surface area contributed by atoms with Gasteiger partial charge in [-0.3, -0.25) is 5.32 Å². The molecule has 1 N–H and O–H groups in total. The van der Waals surface area contributed by atoms with Gasteiger partial charge in [0.05, 0.1) is 0 Å². The fourth-order valence-corrected chi connectivity index (χ4v) is 1.80. The Kier molecular flexibility index (Phi) is 4.52. The molecule has 0 saturated carbocycles. The van der Waals surface area contributed by atoms with Crippen molar-refractivity contribution in [1.29, 1.82) is 0 Å². The molecule has 1 aromatic carbocycles. The smallest absolute Gasteiger partial charge is 0.413 e. The molecule has 0 radical (unpaired) electrons. The molecule has 19 heavy (non-hydrogen) atoms. The molecule has 0 unspecified atom stereocenters. The van der Waals surface area contributed by atoms with E-state index in [1.165, 1.54) is 0 Å². The second-order valence-corrected chi connectivity index (χ2v) is 4.81. The van der Waals surface area contributed by atoms with Gasteiger partial charge in [-0.1, -0.05) is 46.3 Å². The summed E-state index contributed by atoms with van der Waals surface area (Å²) in [6.07, 6.45) is 1.10. The highest BCUT2D eigenvalue weighted by Crippen LogP contribution is 2.21. The van der Waals surface area contributed by atoms with E-state index in [4.69, 9.17) is 4.74 Å². The minimum atomic E-state index is -0.516. The van der Waals surface area contributed by atoms with Crippen LogP contribution in [0.15, 0.2) is 47.1 Å². The number of amides is 1. The molecule has 2 rings (SSSR count). The molecule has 4 nitrogen and oxygen atoms in total. The highest BCUT2D eigenvalue weighted by atomic mass is 79.9. The first-order valence-corrected chi connectivity index (χ1v) is 6.55. The summed E-state index contributed by atoms with van der Waals surface area (Å²) in [5.74, 6) is 0.493. The first-order chi connectivity index (χ1) is 9.16. The monoisotopic (exact) mass is 320 g/mol. The molecule has 2 aromatic rings. The Morgan fingerprint density at radius 3 is 2.79 bits per heavy atom. The van der Waals surface area contributed by atoms with Gasteiger partial charge in [-0.15, -0.1) is 0 Å². The van der Waals surface area contributed by atoms with Gasteiger partial charge in [-0.25, -0.2) is 9.78 Å². The number of carbonyl (C=O) groups excluding carboxylic acids is 1. The van der Waals surface area contributed by atoms with Crippen LogP contribution in [0.25, 0.3) is 0 Å². The van der Waals surface area contributed by atoms with Crippen molar-refractivity contribution in [2.75, 3.05) is 5.32 Å². The Morgan fingerprint density at radius 2 is 2.05 bits per heavy atom. The third-order valence-electron chi connectivity index (χ3n) is 2.57. The molecule has 1 amide bonds. The van der Waals surface area contributed by atoms with Crippen LogP contribution in [0, 0.1) is 6.92 Å². The molecule has 1 heterocycles. The van der Waals surface area contributed by atoms with E-state index in [1.54, 1.807) is 6.20 Å². The Bertz CT molecular complexity index is 573. The van der Waals surface area contributed by atoms with Crippen molar-refractivity contribution in [3.63, 3.8) is 0 Å². The van der Waals surface area contributed by atoms with Gasteiger partial charge in [0, 0.05) is 16.2 Å². The maximum Gasteiger partial charge on any atom is 0.413 e. The number of pyridine rings is 1. The molecule has 0 atom stereocenters. The minimum absolute atomic E-state index is 0.236. The second-order valence-electron chi connectivity index (χ2n) is 3.95. The molecule has 0 spiro atoms. The van der Waals surface area contributed by atoms with Crippen molar-refractivity contribution in [2.45, 2.75) is 13.5 Å². The predicted molar refractivity (Wildman–Crippen MR) is 76.9 cm³/mol. The third kappa shape index (κ3) is 3.79. The maximum absolute atomic E-state index is 11.7. The molecule has 0 aliphatic carbocycles. The zero-order chi connectivity index (χ0) is 13.7. The van der Waals surface area contributed by atoms with Crippen LogP contribution in [-0.4, -0.2) is 11.1 Å². The molecule has 0 aliphatic heterocycles. The highest BCUT2D eigenvalue weighted by Gasteiger charge is 2.08. The number of anilines is 1. The fraction of sp³-hybridized carbons (Fsp3) is 0.143. The van der Waals surface area contributed by atoms with Crippen LogP contribution in [0.1, 0.15) is 11.1 Å². The average molecular weight is 321 g/mol. The lowest BCUT2D eigenvalue weighted by atomic mass is 10.2. The normalized spacial score (nSPS) is 10.0. The number of carbonyl (C=O) groups is 1. The Balaban J connectivity index is 1.93. The molecule has 0 bridgehead atoms. The molecule has 5 heteroatoms. The zero-order valence-corrected chi connectivity index (χ0v) is 12.0. The van der Waals surface area contributed by atoms with E-state index in [0.717, 1.165) is 15.6 Å². The summed E-state index contributed by atoms with van der Waals surface area (Å²) < 4.78 is 6.01. The summed E-state index contributed by atoms with van der Waals surface area (Å²) >= 11 is 3.38. The van der Waals surface area contributed by atoms with Crippen LogP contribution in [0.2, 0.25) is 0 Å². The van der Waals surface area contributed by atoms with Crippen LogP contribution in [0.4, 0.5) is 10.6 Å². The number of ether oxygens (including phenoxy) is 1. The van der Waals surface area contributed by atoms with E-state index < -0.39 is 6.09 Å². The van der Waals surface area contributed by atoms with E-state index in [2.05, 4.69) is 26.2 Å². The number of rotatable bonds is 3. The van der Waals surface area contributed by atoms with Gasteiger partial charge in [-0.2, -0.15) is 0 Å². The number of benzene rings is 1. The molecule has 1 aromatic heterocycles. The summed E-state index contributed by atoms with van der Waals surface area (Å²) in [4.78, 5) is 15.8. The summed E-state index contributed by atoms with van der Waals surface area (Å²) in [5.41, 5.74) is 1.80. The topological polar surface area (TPSA) is 51.2 Å². The molecule has 0 saturated heterocycles. The van der Waals surface area contributed by atoms with Gasteiger partial charge >= 0.3 is 6.09 Å². The molecule has 98 valence electrons. The molecule has 0 fully saturated rings. The SMILES string of the molecule is Cc1c(Br)ccnc1NC(=O)OCc1ccccc1. The van der Waals surface area contributed by atoms with E-state index >= 15 is 0 Å². The standard InChI is InChI=1S/C14H13BrN2O2/c1-10-12(15)7-8-16-13(10)17-14(18)19-9-11-5-3-2-4-6-11/h2-8H,9H2,1H3,(H,16,17,18). The predicted octanol–water partition coefficient (Wildman–Crippen LogP) is 3.90. The number of nitrogens with one attached hydrogen (secondary N) is 1. The number of halogens is 1. The quantitative estimate of drug-likeness (QED) is 0.933. The van der Waals surface area contributed by atoms with Gasteiger partial charge < -0.3 is 4.74 Å². The van der Waals surface area contributed by atoms with Gasteiger partial charge in [0.25, 0.3) is 0 Å². The van der Waals surface area contributed by atoms with Crippen LogP contribution < -0.4 is 5.32 Å². The Hall–Kier alpha value is -1.88. The van der Waals surface area contributed by atoms with Crippen LogP contribution in [-0.2, 0) is 11.3 Å². The first kappa shape index (κ1) is 13.5. The summed E-state index contributed by atoms with van der Waals surface area (Å²) in [6, 6.07) is 11.3. The van der Waals surface area contributed by atoms with Gasteiger partial charge in [0.2, 0.25) is 0 Å². The number of aromatic nitrogens is 1. The highest BCUT2D eigenvalue weighted by molar-refractivity contribution is 9.10. The van der Waals surface area contributed by atoms with Crippen LogP contribution in [0.3, 0.4) is 0 Å². The number of hydrogen-bond donors (Lipinski definition) is 1. The third-order valence-corrected chi connectivity index (χ3v) is 3.43. The minimum Gasteiger partial charge on any atom is -0.444 e. The lowest BCUT2D eigenvalue weighted by Gasteiger charge is -2.09. The lowest BCUT2D eigenvalue weighted by Crippen LogP contribution is -2.15. The first-order valence-electron chi connectivity index (χ1n) is 5.75. The fourth-order valence-electron chi connectivity index (χ4n) is 1.49. The van der Waals surface area contributed by atoms with Crippen molar-refractivity contribution < 1.29 is 9.53 Å². The summed E-state index contributed by atoms with van der Waals surface area (Å²) in [7, 11) is 0. The van der Waals surface area contributed by atoms with Gasteiger partial charge in [0.15, 0.2) is 0 Å². The van der Waals surface area contributed by atoms with E-state index in [1.807, 2.05) is 43.3 Å². The van der Waals surface area contributed by atoms with Crippen LogP contribution in [0.5, 0.6) is 0 Å². The molecule has 0 aliphatic rings. The Morgan fingerprint density at radius 1 is 1.32 bits per heavy atom. The van der Waals surface area contributed by atoms with E-state index in [-0.39, 0.29) is 6.61 Å². The summed E-state index contributed by atoms with van der Waals surface area (Å²) in [5, 5.41) is 2.62. The van der Waals surface area contributed by atoms with Gasteiger partial charge in [0.1, 0.15) is 12.4 Å². The largest absolute Gasteiger partial charge is 0.444 e. The van der Waals surface area contributed by atoms with Crippen LogP contribution >= 0.6 is 15.9 Å². The van der Waals surface area contributed by atoms with E-state index in [0.29, 0.717) is 5.82 Å². The van der Waals surface area contributed by atoms with Crippen molar-refractivity contribution in [1.82, 2.24) is 4.98 Å². The second kappa shape index (κ2) is 6.33. The van der Waals surface area contributed by atoms with Crippen molar-refractivity contribution >= 4 is 27.8 Å². The molecular formula is C14H13BrN2O2. The van der Waals surface area contributed by atoms with Crippen molar-refractivity contribution in [2.24, 2.45) is 0 Å². The zero-order valence-electron chi connectivity index (χ0n) is 10.4. The maximum atomic E-state index is 11.7. The molecular weight excluding hydrogens is 308 g/mol.